The Balaban J connectivity index is 1.69. The number of benzene rings is 3. The number of esters is 1. The molecule has 0 saturated heterocycles. The number of hydrogen-bond donors (Lipinski definition) is 2. The van der Waals surface area contributed by atoms with Gasteiger partial charge in [0.15, 0.2) is 23.0 Å². The summed E-state index contributed by atoms with van der Waals surface area (Å²) in [7, 11) is 4.52. The number of hydrogen-bond acceptors (Lipinski definition) is 9. The lowest BCUT2D eigenvalue weighted by Crippen LogP contribution is -2.29. The summed E-state index contributed by atoms with van der Waals surface area (Å²) in [5.74, 6) is -0.459. The second-order valence-corrected chi connectivity index (χ2v) is 8.21. The highest BCUT2D eigenvalue weighted by Gasteiger charge is 2.48. The van der Waals surface area contributed by atoms with Crippen LogP contribution in [0.2, 0.25) is 0 Å². The van der Waals surface area contributed by atoms with Gasteiger partial charge in [0.1, 0.15) is 5.75 Å². The summed E-state index contributed by atoms with van der Waals surface area (Å²) in [4.78, 5) is 13.2. The number of carbonyl (C=O) groups is 1. The van der Waals surface area contributed by atoms with Gasteiger partial charge in [-0.25, -0.2) is 4.79 Å². The molecule has 3 aromatic carbocycles. The number of methoxy groups -OCH3 is 3. The third-order valence-corrected chi connectivity index (χ3v) is 6.18. The number of carbonyl (C=O) groups excluding carboxylic acids is 1. The summed E-state index contributed by atoms with van der Waals surface area (Å²) in [6.45, 7) is 0.0814. The van der Waals surface area contributed by atoms with Crippen molar-refractivity contribution in [3.63, 3.8) is 0 Å². The van der Waals surface area contributed by atoms with E-state index in [1.165, 1.54) is 45.6 Å². The first kappa shape index (κ1) is 23.4. The molecule has 0 amide bonds. The van der Waals surface area contributed by atoms with Crippen LogP contribution in [0.5, 0.6) is 34.5 Å². The predicted octanol–water partition coefficient (Wildman–Crippen LogP) is 3.55. The van der Waals surface area contributed by atoms with Crippen molar-refractivity contribution < 1.29 is 43.4 Å². The zero-order valence-corrected chi connectivity index (χ0v) is 19.9. The number of ether oxygens (including phenoxy) is 6. The van der Waals surface area contributed by atoms with Crippen molar-refractivity contribution in [1.82, 2.24) is 0 Å². The van der Waals surface area contributed by atoms with Gasteiger partial charge in [0, 0.05) is 17.6 Å². The van der Waals surface area contributed by atoms with Gasteiger partial charge >= 0.3 is 5.97 Å². The Hall–Kier alpha value is -4.37. The van der Waals surface area contributed by atoms with Crippen molar-refractivity contribution in [2.45, 2.75) is 12.2 Å². The first-order valence-electron chi connectivity index (χ1n) is 11.1. The SMILES string of the molecule is COc1cc(CC2=C(c3ccc4c(c3)OCO4)C(=O)OC2(O)c2ccc(O)cc2)cc(OC)c1OC. The lowest BCUT2D eigenvalue weighted by molar-refractivity contribution is -0.185. The van der Waals surface area contributed by atoms with Gasteiger partial charge in [-0.2, -0.15) is 0 Å². The van der Waals surface area contributed by atoms with Gasteiger partial charge in [0.2, 0.25) is 12.5 Å². The van der Waals surface area contributed by atoms with Crippen LogP contribution < -0.4 is 23.7 Å². The zero-order chi connectivity index (χ0) is 25.4. The molecule has 0 radical (unpaired) electrons. The molecule has 0 saturated carbocycles. The number of cyclic esters (lactones) is 1. The number of aromatic hydroxyl groups is 1. The molecule has 0 aliphatic carbocycles. The topological polar surface area (TPSA) is 113 Å². The molecule has 5 rings (SSSR count). The lowest BCUT2D eigenvalue weighted by atomic mass is 9.88. The smallest absolute Gasteiger partial charge is 0.342 e. The fourth-order valence-electron chi connectivity index (χ4n) is 4.45. The van der Waals surface area contributed by atoms with Crippen molar-refractivity contribution in [3.8, 4) is 34.5 Å². The molecule has 36 heavy (non-hydrogen) atoms. The maximum atomic E-state index is 13.2. The van der Waals surface area contributed by atoms with Crippen LogP contribution in [0.4, 0.5) is 0 Å². The van der Waals surface area contributed by atoms with Crippen molar-refractivity contribution in [2.24, 2.45) is 0 Å². The molecule has 2 aliphatic rings. The van der Waals surface area contributed by atoms with Gasteiger partial charge in [-0.1, -0.05) is 6.07 Å². The van der Waals surface area contributed by atoms with Crippen LogP contribution in [0.15, 0.2) is 60.2 Å². The number of rotatable bonds is 7. The highest BCUT2D eigenvalue weighted by Crippen LogP contribution is 2.47. The molecule has 1 unspecified atom stereocenters. The first-order valence-corrected chi connectivity index (χ1v) is 11.1. The molecule has 2 aliphatic heterocycles. The Labute approximate surface area is 207 Å². The summed E-state index contributed by atoms with van der Waals surface area (Å²) in [5.41, 5.74) is 1.95. The molecule has 9 nitrogen and oxygen atoms in total. The minimum absolute atomic E-state index is 0.0119. The summed E-state index contributed by atoms with van der Waals surface area (Å²) in [6.07, 6.45) is 0.101. The molecule has 0 aromatic heterocycles. The van der Waals surface area contributed by atoms with Crippen LogP contribution in [0, 0.1) is 0 Å². The summed E-state index contributed by atoms with van der Waals surface area (Å²) in [5, 5.41) is 21.6. The third kappa shape index (κ3) is 3.83. The van der Waals surface area contributed by atoms with E-state index < -0.39 is 11.8 Å². The number of phenols is 1. The quantitative estimate of drug-likeness (QED) is 0.478. The van der Waals surface area contributed by atoms with Crippen molar-refractivity contribution in [3.05, 3.63) is 76.9 Å². The van der Waals surface area contributed by atoms with E-state index >= 15 is 0 Å². The molecule has 9 heteroatoms. The van der Waals surface area contributed by atoms with Crippen molar-refractivity contribution >= 4 is 11.5 Å². The monoisotopic (exact) mass is 492 g/mol. The predicted molar refractivity (Wildman–Crippen MR) is 127 cm³/mol. The fraction of sp³-hybridized carbons (Fsp3) is 0.222. The second kappa shape index (κ2) is 9.01. The Morgan fingerprint density at radius 1 is 0.889 bits per heavy atom. The molecule has 0 spiro atoms. The van der Waals surface area contributed by atoms with Crippen molar-refractivity contribution in [1.29, 1.82) is 0 Å². The zero-order valence-electron chi connectivity index (χ0n) is 19.9. The fourth-order valence-corrected chi connectivity index (χ4v) is 4.45. The number of fused-ring (bicyclic) bond motifs is 1. The van der Waals surface area contributed by atoms with Crippen LogP contribution in [-0.2, 0) is 21.7 Å². The van der Waals surface area contributed by atoms with Gasteiger partial charge in [-0.3, -0.25) is 0 Å². The lowest BCUT2D eigenvalue weighted by Gasteiger charge is -2.26. The highest BCUT2D eigenvalue weighted by molar-refractivity contribution is 6.20. The Morgan fingerprint density at radius 2 is 1.56 bits per heavy atom. The average molecular weight is 492 g/mol. The van der Waals surface area contributed by atoms with Crippen LogP contribution in [0.25, 0.3) is 5.57 Å². The number of phenolic OH excluding ortho intramolecular Hbond substituents is 1. The molecule has 2 heterocycles. The molecule has 1 atom stereocenters. The van der Waals surface area contributed by atoms with Gasteiger partial charge in [0.25, 0.3) is 5.79 Å². The summed E-state index contributed by atoms with van der Waals surface area (Å²) in [6, 6.07) is 14.4. The largest absolute Gasteiger partial charge is 0.508 e. The van der Waals surface area contributed by atoms with E-state index in [-0.39, 0.29) is 30.1 Å². The minimum atomic E-state index is -2.09. The standard InChI is InChI=1S/C27H24O9/c1-31-22-11-15(12-23(32-2)25(22)33-3)10-19-24(16-4-9-20-21(13-16)35-14-34-20)26(29)36-27(19,30)17-5-7-18(28)8-6-17/h4-9,11-13,28,30H,10,14H2,1-3H3. The molecule has 0 bridgehead atoms. The van der Waals surface area contributed by atoms with Gasteiger partial charge in [-0.05, 0) is 59.7 Å². The van der Waals surface area contributed by atoms with E-state index in [1.54, 1.807) is 30.3 Å². The van der Waals surface area contributed by atoms with Crippen LogP contribution in [0.3, 0.4) is 0 Å². The Kier molecular flexibility index (Phi) is 5.85. The van der Waals surface area contributed by atoms with Crippen LogP contribution in [-0.4, -0.2) is 44.3 Å². The second-order valence-electron chi connectivity index (χ2n) is 8.21. The third-order valence-electron chi connectivity index (χ3n) is 6.18. The molecule has 3 aromatic rings. The normalized spacial score (nSPS) is 18.3. The maximum Gasteiger partial charge on any atom is 0.342 e. The maximum absolute atomic E-state index is 13.2. The van der Waals surface area contributed by atoms with Crippen LogP contribution >= 0.6 is 0 Å². The first-order chi connectivity index (χ1) is 17.4. The van der Waals surface area contributed by atoms with E-state index in [0.717, 1.165) is 0 Å². The van der Waals surface area contributed by atoms with Crippen molar-refractivity contribution in [2.75, 3.05) is 28.1 Å². The summed E-state index contributed by atoms with van der Waals surface area (Å²) < 4.78 is 32.9. The molecule has 0 fully saturated rings. The Bertz CT molecular complexity index is 1340. The van der Waals surface area contributed by atoms with E-state index in [4.69, 9.17) is 28.4 Å². The van der Waals surface area contributed by atoms with E-state index in [9.17, 15) is 15.0 Å². The molecule has 186 valence electrons. The summed E-state index contributed by atoms with van der Waals surface area (Å²) >= 11 is 0. The van der Waals surface area contributed by atoms with Gasteiger partial charge in [-0.15, -0.1) is 0 Å². The van der Waals surface area contributed by atoms with Gasteiger partial charge < -0.3 is 38.6 Å². The molecular formula is C27H24O9. The average Bonchev–Trinajstić information content (AvgIpc) is 3.45. The van der Waals surface area contributed by atoms with E-state index in [0.29, 0.717) is 45.4 Å². The number of aliphatic hydroxyl groups is 1. The van der Waals surface area contributed by atoms with Crippen LogP contribution in [0.1, 0.15) is 16.7 Å². The minimum Gasteiger partial charge on any atom is -0.508 e. The highest BCUT2D eigenvalue weighted by atomic mass is 16.7. The Morgan fingerprint density at radius 3 is 2.19 bits per heavy atom. The van der Waals surface area contributed by atoms with E-state index in [1.807, 2.05) is 0 Å². The molecule has 2 N–H and O–H groups in total. The van der Waals surface area contributed by atoms with Gasteiger partial charge in [0.05, 0.1) is 26.9 Å². The van der Waals surface area contributed by atoms with E-state index in [2.05, 4.69) is 0 Å². The molecular weight excluding hydrogens is 468 g/mol.